The van der Waals surface area contributed by atoms with Crippen molar-refractivity contribution in [1.29, 1.82) is 0 Å². The van der Waals surface area contributed by atoms with Gasteiger partial charge in [0.2, 0.25) is 5.95 Å². The molecule has 21 heavy (non-hydrogen) atoms. The van der Waals surface area contributed by atoms with Crippen LogP contribution in [0, 0.1) is 6.92 Å². The van der Waals surface area contributed by atoms with Crippen LogP contribution in [-0.4, -0.2) is 15.9 Å². The largest absolute Gasteiger partial charge is 0.368 e. The number of hydrogen-bond donors (Lipinski definition) is 3. The van der Waals surface area contributed by atoms with Crippen molar-refractivity contribution in [3.63, 3.8) is 0 Å². The number of anilines is 1. The van der Waals surface area contributed by atoms with Crippen molar-refractivity contribution in [2.45, 2.75) is 26.7 Å². The monoisotopic (exact) mass is 285 g/mol. The highest BCUT2D eigenvalue weighted by molar-refractivity contribution is 6.00. The number of aromatic nitrogens is 2. The Kier molecular flexibility index (Phi) is 4.18. The number of aryl methyl sites for hydroxylation is 1. The first-order valence-electron chi connectivity index (χ1n) is 6.69. The standard InChI is InChI=1S/C15H19N5O/c1-8(2)10-4-6-11(7-5-10)13-12(14(21)20-17)9(3)18-15(16)19-13/h4-8H,17H2,1-3H3,(H,20,21)(H2,16,18,19). The van der Waals surface area contributed by atoms with Gasteiger partial charge < -0.3 is 5.73 Å². The van der Waals surface area contributed by atoms with Gasteiger partial charge in [0.25, 0.3) is 5.91 Å². The lowest BCUT2D eigenvalue weighted by Gasteiger charge is -2.12. The highest BCUT2D eigenvalue weighted by Gasteiger charge is 2.18. The molecule has 2 rings (SSSR count). The van der Waals surface area contributed by atoms with Crippen LogP contribution in [0.2, 0.25) is 0 Å². The maximum atomic E-state index is 12.0. The van der Waals surface area contributed by atoms with Crippen molar-refractivity contribution >= 4 is 11.9 Å². The molecule has 0 spiro atoms. The molecule has 0 fully saturated rings. The van der Waals surface area contributed by atoms with Gasteiger partial charge in [-0.2, -0.15) is 0 Å². The van der Waals surface area contributed by atoms with Gasteiger partial charge in [0.1, 0.15) is 0 Å². The van der Waals surface area contributed by atoms with Gasteiger partial charge in [-0.1, -0.05) is 38.1 Å². The van der Waals surface area contributed by atoms with E-state index in [1.165, 1.54) is 5.56 Å². The molecule has 0 saturated heterocycles. The lowest BCUT2D eigenvalue weighted by Crippen LogP contribution is -2.31. The summed E-state index contributed by atoms with van der Waals surface area (Å²) in [7, 11) is 0. The average Bonchev–Trinajstić information content (AvgIpc) is 2.45. The van der Waals surface area contributed by atoms with Crippen LogP contribution in [0.25, 0.3) is 11.3 Å². The number of benzene rings is 1. The Bertz CT molecular complexity index is 665. The minimum absolute atomic E-state index is 0.129. The van der Waals surface area contributed by atoms with Gasteiger partial charge in [-0.25, -0.2) is 15.8 Å². The van der Waals surface area contributed by atoms with E-state index in [4.69, 9.17) is 11.6 Å². The van der Waals surface area contributed by atoms with Crippen molar-refractivity contribution in [3.8, 4) is 11.3 Å². The number of hydrazine groups is 1. The predicted molar refractivity (Wildman–Crippen MR) is 82.4 cm³/mol. The average molecular weight is 285 g/mol. The summed E-state index contributed by atoms with van der Waals surface area (Å²) < 4.78 is 0. The van der Waals surface area contributed by atoms with Gasteiger partial charge in [-0.3, -0.25) is 10.2 Å². The Morgan fingerprint density at radius 1 is 1.19 bits per heavy atom. The topological polar surface area (TPSA) is 107 Å². The highest BCUT2D eigenvalue weighted by atomic mass is 16.2. The molecule has 1 amide bonds. The lowest BCUT2D eigenvalue weighted by atomic mass is 9.98. The van der Waals surface area contributed by atoms with E-state index >= 15 is 0 Å². The molecule has 110 valence electrons. The summed E-state index contributed by atoms with van der Waals surface area (Å²) >= 11 is 0. The van der Waals surface area contributed by atoms with Crippen LogP contribution in [-0.2, 0) is 0 Å². The third-order valence-electron chi connectivity index (χ3n) is 3.32. The number of hydrogen-bond acceptors (Lipinski definition) is 5. The number of nitrogens with zero attached hydrogens (tertiary/aromatic N) is 2. The van der Waals surface area contributed by atoms with Crippen LogP contribution < -0.4 is 17.0 Å². The van der Waals surface area contributed by atoms with Gasteiger partial charge in [0.15, 0.2) is 0 Å². The molecule has 0 unspecified atom stereocenters. The molecular weight excluding hydrogens is 266 g/mol. The van der Waals surface area contributed by atoms with Gasteiger partial charge >= 0.3 is 0 Å². The zero-order valence-electron chi connectivity index (χ0n) is 12.3. The summed E-state index contributed by atoms with van der Waals surface area (Å²) in [5.74, 6) is 5.36. The van der Waals surface area contributed by atoms with Crippen molar-refractivity contribution in [3.05, 3.63) is 41.1 Å². The number of carbonyl (C=O) groups excluding carboxylic acids is 1. The molecule has 0 radical (unpaired) electrons. The molecule has 1 aromatic carbocycles. The van der Waals surface area contributed by atoms with Crippen LogP contribution in [0.4, 0.5) is 5.95 Å². The van der Waals surface area contributed by atoms with Crippen molar-refractivity contribution < 1.29 is 4.79 Å². The zero-order chi connectivity index (χ0) is 15.6. The molecule has 1 aromatic heterocycles. The fourth-order valence-electron chi connectivity index (χ4n) is 2.17. The summed E-state index contributed by atoms with van der Waals surface area (Å²) in [6.45, 7) is 5.94. The molecule has 1 heterocycles. The fraction of sp³-hybridized carbons (Fsp3) is 0.267. The van der Waals surface area contributed by atoms with Crippen LogP contribution in [0.1, 0.15) is 41.4 Å². The molecule has 5 N–H and O–H groups in total. The van der Waals surface area contributed by atoms with E-state index in [1.807, 2.05) is 24.3 Å². The van der Waals surface area contributed by atoms with Gasteiger partial charge in [0, 0.05) is 5.56 Å². The number of nitrogen functional groups attached to an aromatic ring is 2. The van der Waals surface area contributed by atoms with E-state index in [9.17, 15) is 4.79 Å². The second-order valence-corrected chi connectivity index (χ2v) is 5.14. The zero-order valence-corrected chi connectivity index (χ0v) is 12.3. The van der Waals surface area contributed by atoms with E-state index in [1.54, 1.807) is 6.92 Å². The van der Waals surface area contributed by atoms with E-state index < -0.39 is 5.91 Å². The summed E-state index contributed by atoms with van der Waals surface area (Å²) in [5.41, 5.74) is 11.1. The van der Waals surface area contributed by atoms with E-state index in [0.717, 1.165) is 5.56 Å². The number of carbonyl (C=O) groups is 1. The van der Waals surface area contributed by atoms with Gasteiger partial charge in [-0.15, -0.1) is 0 Å². The Morgan fingerprint density at radius 3 is 2.33 bits per heavy atom. The fourth-order valence-corrected chi connectivity index (χ4v) is 2.17. The Morgan fingerprint density at radius 2 is 1.81 bits per heavy atom. The summed E-state index contributed by atoms with van der Waals surface area (Å²) in [5, 5.41) is 0. The highest BCUT2D eigenvalue weighted by Crippen LogP contribution is 2.26. The molecule has 6 nitrogen and oxygen atoms in total. The van der Waals surface area contributed by atoms with Crippen molar-refractivity contribution in [2.24, 2.45) is 5.84 Å². The van der Waals surface area contributed by atoms with Crippen LogP contribution in [0.5, 0.6) is 0 Å². The third-order valence-corrected chi connectivity index (χ3v) is 3.32. The van der Waals surface area contributed by atoms with Gasteiger partial charge in [-0.05, 0) is 18.4 Å². The SMILES string of the molecule is Cc1nc(N)nc(-c2ccc(C(C)C)cc2)c1C(=O)NN. The van der Waals surface area contributed by atoms with Crippen molar-refractivity contribution in [2.75, 3.05) is 5.73 Å². The molecule has 2 aromatic rings. The van der Waals surface area contributed by atoms with Crippen molar-refractivity contribution in [1.82, 2.24) is 15.4 Å². The molecular formula is C15H19N5O. The third kappa shape index (κ3) is 3.00. The minimum atomic E-state index is -0.435. The summed E-state index contributed by atoms with van der Waals surface area (Å²) in [6.07, 6.45) is 0. The Hall–Kier alpha value is -2.47. The van der Waals surface area contributed by atoms with Crippen LogP contribution >= 0.6 is 0 Å². The number of nitrogens with one attached hydrogen (secondary N) is 1. The summed E-state index contributed by atoms with van der Waals surface area (Å²) in [4.78, 5) is 20.2. The molecule has 0 atom stereocenters. The number of nitrogens with two attached hydrogens (primary N) is 2. The second-order valence-electron chi connectivity index (χ2n) is 5.14. The number of amides is 1. The smallest absolute Gasteiger partial charge is 0.269 e. The maximum absolute atomic E-state index is 12.0. The van der Waals surface area contributed by atoms with E-state index in [-0.39, 0.29) is 5.95 Å². The van der Waals surface area contributed by atoms with Crippen LogP contribution in [0.3, 0.4) is 0 Å². The Balaban J connectivity index is 2.59. The van der Waals surface area contributed by atoms with Gasteiger partial charge in [0.05, 0.1) is 17.0 Å². The van der Waals surface area contributed by atoms with Crippen LogP contribution in [0.15, 0.2) is 24.3 Å². The normalized spacial score (nSPS) is 10.7. The quantitative estimate of drug-likeness (QED) is 0.452. The second kappa shape index (κ2) is 5.88. The molecule has 0 aliphatic carbocycles. The van der Waals surface area contributed by atoms with E-state index in [0.29, 0.717) is 22.9 Å². The molecule has 6 heteroatoms. The number of rotatable bonds is 3. The van der Waals surface area contributed by atoms with E-state index in [2.05, 4.69) is 29.2 Å². The summed E-state index contributed by atoms with van der Waals surface area (Å²) in [6, 6.07) is 7.86. The first-order valence-corrected chi connectivity index (χ1v) is 6.69. The first-order chi connectivity index (χ1) is 9.93. The Labute approximate surface area is 123 Å². The molecule has 0 aliphatic rings. The predicted octanol–water partition coefficient (Wildman–Crippen LogP) is 1.76. The minimum Gasteiger partial charge on any atom is -0.368 e. The molecule has 0 saturated carbocycles. The first kappa shape index (κ1) is 14.9. The molecule has 0 aliphatic heterocycles. The molecule has 0 bridgehead atoms. The lowest BCUT2D eigenvalue weighted by molar-refractivity contribution is 0.0953. The maximum Gasteiger partial charge on any atom is 0.269 e.